The van der Waals surface area contributed by atoms with Gasteiger partial charge in [0, 0.05) is 31.7 Å². The number of halogens is 2. The van der Waals surface area contributed by atoms with E-state index in [0.717, 1.165) is 25.7 Å². The molecule has 0 atom stereocenters. The topological polar surface area (TPSA) is 73.8 Å². The third kappa shape index (κ3) is 6.18. The summed E-state index contributed by atoms with van der Waals surface area (Å²) < 4.78 is 42.5. The normalized spacial score (nSPS) is 15.1. The molecule has 0 saturated carbocycles. The maximum atomic E-state index is 14.2. The summed E-state index contributed by atoms with van der Waals surface area (Å²) in [7, 11) is 0.218. The van der Waals surface area contributed by atoms with Crippen molar-refractivity contribution in [1.29, 1.82) is 0 Å². The highest BCUT2D eigenvalue weighted by atomic mass is 35.5. The molecule has 1 aromatic heterocycles. The number of aromatic nitrogens is 1. The maximum absolute atomic E-state index is 14.2. The number of para-hydroxylation sites is 1. The number of hydrogen-bond donors (Lipinski definition) is 0. The molecular weight excluding hydrogens is 511 g/mol. The van der Waals surface area contributed by atoms with Crippen molar-refractivity contribution in [2.45, 2.75) is 30.6 Å². The SMILES string of the molecule is CN(C)CCN(C(=O)c1ccc(S(=O)(=O)N2CCCCCC2)cc1)c1nc2c(F)cccc2s1.Cl. The number of hydrogen-bond acceptors (Lipinski definition) is 6. The van der Waals surface area contributed by atoms with Crippen LogP contribution in [0.2, 0.25) is 0 Å². The van der Waals surface area contributed by atoms with E-state index in [-0.39, 0.29) is 28.7 Å². The largest absolute Gasteiger partial charge is 0.308 e. The fraction of sp³-hybridized carbons (Fsp3) is 0.417. The van der Waals surface area contributed by atoms with Crippen LogP contribution in [0.3, 0.4) is 0 Å². The molecule has 1 aliphatic rings. The number of benzene rings is 2. The van der Waals surface area contributed by atoms with Gasteiger partial charge in [-0.2, -0.15) is 4.31 Å². The van der Waals surface area contributed by atoms with Crippen molar-refractivity contribution in [3.8, 4) is 0 Å². The van der Waals surface area contributed by atoms with Crippen molar-refractivity contribution in [3.05, 3.63) is 53.8 Å². The first kappa shape index (κ1) is 27.5. The van der Waals surface area contributed by atoms with Crippen LogP contribution in [0.5, 0.6) is 0 Å². The number of rotatable bonds is 7. The molecule has 0 N–H and O–H groups in total. The number of nitrogens with zero attached hydrogens (tertiary/aromatic N) is 4. The summed E-state index contributed by atoms with van der Waals surface area (Å²) in [6.07, 6.45) is 3.80. The van der Waals surface area contributed by atoms with Gasteiger partial charge >= 0.3 is 0 Å². The Balaban J connectivity index is 0.00000342. The van der Waals surface area contributed by atoms with Crippen LogP contribution in [0.15, 0.2) is 47.4 Å². The van der Waals surface area contributed by atoms with Gasteiger partial charge in [0.05, 0.1) is 9.60 Å². The molecule has 0 aliphatic carbocycles. The lowest BCUT2D eigenvalue weighted by atomic mass is 10.2. The van der Waals surface area contributed by atoms with Gasteiger partial charge in [-0.1, -0.05) is 30.2 Å². The molecule has 0 spiro atoms. The first-order valence-corrected chi connectivity index (χ1v) is 13.6. The average molecular weight is 541 g/mol. The lowest BCUT2D eigenvalue weighted by Crippen LogP contribution is -2.36. The summed E-state index contributed by atoms with van der Waals surface area (Å²) in [5.74, 6) is -0.733. The Morgan fingerprint density at radius 3 is 2.29 bits per heavy atom. The van der Waals surface area contributed by atoms with Crippen molar-refractivity contribution in [3.63, 3.8) is 0 Å². The fourth-order valence-electron chi connectivity index (χ4n) is 3.96. The number of fused-ring (bicyclic) bond motifs is 1. The molecule has 7 nitrogen and oxygen atoms in total. The zero-order valence-corrected chi connectivity index (χ0v) is 22.3. The molecule has 1 aliphatic heterocycles. The molecule has 1 amide bonds. The molecule has 1 saturated heterocycles. The van der Waals surface area contributed by atoms with Gasteiger partial charge in [0.25, 0.3) is 5.91 Å². The van der Waals surface area contributed by atoms with E-state index >= 15 is 0 Å². The zero-order valence-electron chi connectivity index (χ0n) is 19.8. The van der Waals surface area contributed by atoms with Crippen molar-refractivity contribution < 1.29 is 17.6 Å². The highest BCUT2D eigenvalue weighted by Crippen LogP contribution is 2.31. The third-order valence-corrected chi connectivity index (χ3v) is 8.87. The molecule has 190 valence electrons. The molecule has 35 heavy (non-hydrogen) atoms. The fourth-order valence-corrected chi connectivity index (χ4v) is 6.48. The van der Waals surface area contributed by atoms with Crippen molar-refractivity contribution in [1.82, 2.24) is 14.2 Å². The van der Waals surface area contributed by atoms with E-state index in [1.165, 1.54) is 38.7 Å². The van der Waals surface area contributed by atoms with Gasteiger partial charge in [-0.05, 0) is 63.3 Å². The average Bonchev–Trinajstić information content (AvgIpc) is 3.05. The van der Waals surface area contributed by atoms with E-state index in [1.54, 1.807) is 24.3 Å². The molecule has 4 rings (SSSR count). The van der Waals surface area contributed by atoms with Crippen LogP contribution in [0.25, 0.3) is 10.2 Å². The maximum Gasteiger partial charge on any atom is 0.260 e. The first-order valence-electron chi connectivity index (χ1n) is 11.4. The Hall–Kier alpha value is -2.11. The zero-order chi connectivity index (χ0) is 24.3. The highest BCUT2D eigenvalue weighted by molar-refractivity contribution is 7.89. The monoisotopic (exact) mass is 540 g/mol. The Labute approximate surface area is 216 Å². The Kier molecular flexibility index (Phi) is 9.22. The number of likely N-dealkylation sites (N-methyl/N-ethyl adjacent to an activating group) is 1. The van der Waals surface area contributed by atoms with Crippen LogP contribution in [0, 0.1) is 5.82 Å². The molecule has 1 fully saturated rings. The van der Waals surface area contributed by atoms with E-state index in [2.05, 4.69) is 4.98 Å². The second-order valence-corrected chi connectivity index (χ2v) is 11.6. The van der Waals surface area contributed by atoms with Crippen molar-refractivity contribution >= 4 is 55.0 Å². The summed E-state index contributed by atoms with van der Waals surface area (Å²) in [4.78, 5) is 21.5. The molecule has 3 aromatic rings. The second kappa shape index (κ2) is 11.7. The van der Waals surface area contributed by atoms with Crippen LogP contribution in [0.1, 0.15) is 36.0 Å². The summed E-state index contributed by atoms with van der Waals surface area (Å²) >= 11 is 1.26. The van der Waals surface area contributed by atoms with Gasteiger partial charge < -0.3 is 4.90 Å². The predicted molar refractivity (Wildman–Crippen MR) is 141 cm³/mol. The van der Waals surface area contributed by atoms with Crippen LogP contribution >= 0.6 is 23.7 Å². The minimum absolute atomic E-state index is 0. The van der Waals surface area contributed by atoms with Crippen LogP contribution in [-0.4, -0.2) is 68.8 Å². The number of amides is 1. The minimum atomic E-state index is -3.59. The van der Waals surface area contributed by atoms with E-state index < -0.39 is 15.8 Å². The van der Waals surface area contributed by atoms with Gasteiger partial charge in [0.15, 0.2) is 5.13 Å². The van der Waals surface area contributed by atoms with Gasteiger partial charge in [-0.3, -0.25) is 9.69 Å². The van der Waals surface area contributed by atoms with Gasteiger partial charge in [0.2, 0.25) is 10.0 Å². The molecule has 2 heterocycles. The standard InChI is InChI=1S/C24H29FN4O3S2.ClH/c1-27(2)16-17-29(24-26-22-20(25)8-7-9-21(22)33-24)23(30)18-10-12-19(13-11-18)34(31,32)28-14-5-3-4-6-15-28;/h7-13H,3-6,14-17H2,1-2H3;1H. The molecular formula is C24H30ClFN4O3S2. The van der Waals surface area contributed by atoms with Gasteiger partial charge in [-0.25, -0.2) is 17.8 Å². The quantitative estimate of drug-likeness (QED) is 0.437. The van der Waals surface area contributed by atoms with E-state index in [4.69, 9.17) is 0 Å². The van der Waals surface area contributed by atoms with Gasteiger partial charge in [-0.15, -0.1) is 12.4 Å². The second-order valence-electron chi connectivity index (χ2n) is 8.69. The van der Waals surface area contributed by atoms with E-state index in [1.807, 2.05) is 19.0 Å². The number of sulfonamides is 1. The van der Waals surface area contributed by atoms with Crippen molar-refractivity contribution in [2.24, 2.45) is 0 Å². The Bertz CT molecular complexity index is 1260. The minimum Gasteiger partial charge on any atom is -0.308 e. The molecule has 0 bridgehead atoms. The lowest BCUT2D eigenvalue weighted by molar-refractivity contribution is 0.0985. The highest BCUT2D eigenvalue weighted by Gasteiger charge is 2.27. The smallest absolute Gasteiger partial charge is 0.260 e. The predicted octanol–water partition coefficient (Wildman–Crippen LogP) is 4.63. The van der Waals surface area contributed by atoms with Crippen LogP contribution < -0.4 is 4.90 Å². The number of carbonyl (C=O) groups excluding carboxylic acids is 1. The number of carbonyl (C=O) groups is 1. The molecule has 0 unspecified atom stereocenters. The summed E-state index contributed by atoms with van der Waals surface area (Å²) in [5.41, 5.74) is 0.595. The molecule has 11 heteroatoms. The first-order chi connectivity index (χ1) is 16.3. The number of anilines is 1. The van der Waals surface area contributed by atoms with E-state index in [9.17, 15) is 17.6 Å². The Morgan fingerprint density at radius 1 is 1.03 bits per heavy atom. The summed E-state index contributed by atoms with van der Waals surface area (Å²) in [5, 5.41) is 0.410. The van der Waals surface area contributed by atoms with E-state index in [0.29, 0.717) is 41.6 Å². The van der Waals surface area contributed by atoms with Crippen molar-refractivity contribution in [2.75, 3.05) is 45.2 Å². The van der Waals surface area contributed by atoms with Crippen LogP contribution in [-0.2, 0) is 10.0 Å². The van der Waals surface area contributed by atoms with Gasteiger partial charge in [0.1, 0.15) is 11.3 Å². The molecule has 0 radical (unpaired) electrons. The molecule has 2 aromatic carbocycles. The lowest BCUT2D eigenvalue weighted by Gasteiger charge is -2.22. The third-order valence-electron chi connectivity index (χ3n) is 5.91. The summed E-state index contributed by atoms with van der Waals surface area (Å²) in [6, 6.07) is 10.8. The summed E-state index contributed by atoms with van der Waals surface area (Å²) in [6.45, 7) is 2.00. The Morgan fingerprint density at radius 2 is 1.69 bits per heavy atom. The van der Waals surface area contributed by atoms with Crippen LogP contribution in [0.4, 0.5) is 9.52 Å². The number of thiazole rings is 1.